The van der Waals surface area contributed by atoms with E-state index in [0.29, 0.717) is 37.3 Å². The molecule has 1 atom stereocenters. The van der Waals surface area contributed by atoms with Gasteiger partial charge in [0.1, 0.15) is 11.5 Å². The molecule has 29 heavy (non-hydrogen) atoms. The lowest BCUT2D eigenvalue weighted by Gasteiger charge is -2.26. The summed E-state index contributed by atoms with van der Waals surface area (Å²) in [4.78, 5) is 27.3. The maximum absolute atomic E-state index is 12.8. The van der Waals surface area contributed by atoms with Gasteiger partial charge >= 0.3 is 0 Å². The zero-order valence-electron chi connectivity index (χ0n) is 16.5. The number of rotatable bonds is 5. The van der Waals surface area contributed by atoms with Crippen LogP contribution in [0.1, 0.15) is 22.5 Å². The zero-order chi connectivity index (χ0) is 20.4. The molecule has 1 aromatic carbocycles. The Morgan fingerprint density at radius 2 is 2.07 bits per heavy atom. The minimum absolute atomic E-state index is 0.100. The predicted molar refractivity (Wildman–Crippen MR) is 106 cm³/mol. The molecule has 1 fully saturated rings. The van der Waals surface area contributed by atoms with E-state index in [2.05, 4.69) is 15.6 Å². The molecule has 8 heteroatoms. The van der Waals surface area contributed by atoms with Crippen LogP contribution in [-0.2, 0) is 18.3 Å². The molecule has 0 bridgehead atoms. The van der Waals surface area contributed by atoms with E-state index < -0.39 is 5.41 Å². The Labute approximate surface area is 168 Å². The van der Waals surface area contributed by atoms with Crippen LogP contribution in [0.25, 0.3) is 11.3 Å². The number of carbonyl (C=O) groups is 2. The molecule has 0 radical (unpaired) electrons. The average Bonchev–Trinajstić information content (AvgIpc) is 3.48. The molecule has 150 valence electrons. The first-order valence-corrected chi connectivity index (χ1v) is 9.52. The lowest BCUT2D eigenvalue weighted by atomic mass is 9.81. The van der Waals surface area contributed by atoms with E-state index in [4.69, 9.17) is 4.52 Å². The number of aromatic nitrogens is 3. The topological polar surface area (TPSA) is 93.3 Å². The number of hydrogen-bond acceptors (Lipinski definition) is 5. The van der Waals surface area contributed by atoms with Crippen LogP contribution in [0.5, 0.6) is 0 Å². The van der Waals surface area contributed by atoms with E-state index in [-0.39, 0.29) is 11.8 Å². The molecule has 0 saturated carbocycles. The number of likely N-dealkylation sites (tertiary alicyclic amines) is 1. The predicted octanol–water partition coefficient (Wildman–Crippen LogP) is 1.90. The number of carbonyl (C=O) groups excluding carboxylic acids is 2. The minimum atomic E-state index is -0.750. The number of nitrogens with one attached hydrogen (secondary N) is 1. The van der Waals surface area contributed by atoms with Gasteiger partial charge in [-0.1, -0.05) is 35.5 Å². The summed E-state index contributed by atoms with van der Waals surface area (Å²) in [7, 11) is 3.38. The van der Waals surface area contributed by atoms with Gasteiger partial charge in [-0.15, -0.1) is 0 Å². The van der Waals surface area contributed by atoms with Crippen LogP contribution < -0.4 is 5.32 Å². The highest BCUT2D eigenvalue weighted by Crippen LogP contribution is 2.36. The highest BCUT2D eigenvalue weighted by atomic mass is 16.5. The Hall–Kier alpha value is -3.42. The first-order chi connectivity index (χ1) is 14.0. The number of nitrogens with zero attached hydrogens (tertiary/aromatic N) is 4. The maximum atomic E-state index is 12.8. The van der Waals surface area contributed by atoms with Gasteiger partial charge in [0.2, 0.25) is 5.91 Å². The number of hydrogen-bond donors (Lipinski definition) is 1. The quantitative estimate of drug-likeness (QED) is 0.715. The van der Waals surface area contributed by atoms with Crippen molar-refractivity contribution in [3.63, 3.8) is 0 Å². The molecular weight excluding hydrogens is 370 g/mol. The number of amides is 2. The molecule has 1 N–H and O–H groups in total. The standard InChI is InChI=1S/C21H23N5O3/c1-22-20(28)21(8-9-26(14-21)19(27)16-12-23-25(2)13-16)11-17-10-18(24-29-17)15-6-4-3-5-7-15/h3-7,10,12-13H,8-9,11,14H2,1-2H3,(H,22,28)/t21-/m0/s1. The third kappa shape index (κ3) is 3.65. The van der Waals surface area contributed by atoms with Gasteiger partial charge in [-0.05, 0) is 6.42 Å². The second-order valence-electron chi connectivity index (χ2n) is 7.46. The average molecular weight is 393 g/mol. The molecule has 0 unspecified atom stereocenters. The minimum Gasteiger partial charge on any atom is -0.361 e. The molecule has 2 amide bonds. The van der Waals surface area contributed by atoms with Crippen LogP contribution in [0.2, 0.25) is 0 Å². The highest BCUT2D eigenvalue weighted by molar-refractivity contribution is 5.95. The summed E-state index contributed by atoms with van der Waals surface area (Å²) in [5.74, 6) is 0.409. The molecule has 3 aromatic rings. The Morgan fingerprint density at radius 3 is 2.76 bits per heavy atom. The number of benzene rings is 1. The van der Waals surface area contributed by atoms with Gasteiger partial charge in [0.15, 0.2) is 0 Å². The Morgan fingerprint density at radius 1 is 1.28 bits per heavy atom. The zero-order valence-corrected chi connectivity index (χ0v) is 16.5. The fraction of sp³-hybridized carbons (Fsp3) is 0.333. The molecule has 1 aliphatic rings. The van der Waals surface area contributed by atoms with Gasteiger partial charge in [-0.2, -0.15) is 5.10 Å². The molecule has 4 rings (SSSR count). The molecule has 2 aromatic heterocycles. The summed E-state index contributed by atoms with van der Waals surface area (Å²) in [6.07, 6.45) is 4.17. The van der Waals surface area contributed by atoms with Crippen LogP contribution in [0.15, 0.2) is 53.3 Å². The van der Waals surface area contributed by atoms with Gasteiger partial charge < -0.3 is 14.7 Å². The van der Waals surface area contributed by atoms with Crippen molar-refractivity contribution in [2.24, 2.45) is 12.5 Å². The van der Waals surface area contributed by atoms with Crippen molar-refractivity contribution < 1.29 is 14.1 Å². The Bertz CT molecular complexity index is 1030. The first-order valence-electron chi connectivity index (χ1n) is 9.52. The Balaban J connectivity index is 1.55. The monoisotopic (exact) mass is 393 g/mol. The van der Waals surface area contributed by atoms with Crippen LogP contribution in [0, 0.1) is 5.41 Å². The van der Waals surface area contributed by atoms with Crippen LogP contribution >= 0.6 is 0 Å². The summed E-state index contributed by atoms with van der Waals surface area (Å²) >= 11 is 0. The third-order valence-electron chi connectivity index (χ3n) is 5.44. The van der Waals surface area contributed by atoms with E-state index in [1.165, 1.54) is 0 Å². The van der Waals surface area contributed by atoms with Gasteiger partial charge in [-0.3, -0.25) is 14.3 Å². The molecule has 3 heterocycles. The van der Waals surface area contributed by atoms with E-state index >= 15 is 0 Å². The number of aryl methyl sites for hydroxylation is 1. The lowest BCUT2D eigenvalue weighted by molar-refractivity contribution is -0.130. The van der Waals surface area contributed by atoms with Crippen molar-refractivity contribution in [3.8, 4) is 11.3 Å². The fourth-order valence-electron chi connectivity index (χ4n) is 3.91. The maximum Gasteiger partial charge on any atom is 0.257 e. The fourth-order valence-corrected chi connectivity index (χ4v) is 3.91. The smallest absolute Gasteiger partial charge is 0.257 e. The van der Waals surface area contributed by atoms with Gasteiger partial charge in [-0.25, -0.2) is 0 Å². The summed E-state index contributed by atoms with van der Waals surface area (Å²) in [5, 5.41) is 11.0. The van der Waals surface area contributed by atoms with E-state index in [0.717, 1.165) is 11.3 Å². The van der Waals surface area contributed by atoms with Crippen molar-refractivity contribution in [2.45, 2.75) is 12.8 Å². The largest absolute Gasteiger partial charge is 0.361 e. The van der Waals surface area contributed by atoms with Crippen molar-refractivity contribution in [1.29, 1.82) is 0 Å². The SMILES string of the molecule is CNC(=O)[C@]1(Cc2cc(-c3ccccc3)no2)CCN(C(=O)c2cnn(C)c2)C1. The highest BCUT2D eigenvalue weighted by Gasteiger charge is 2.46. The summed E-state index contributed by atoms with van der Waals surface area (Å²) in [6.45, 7) is 0.822. The van der Waals surface area contributed by atoms with Gasteiger partial charge in [0, 0.05) is 51.4 Å². The summed E-state index contributed by atoms with van der Waals surface area (Å²) in [5.41, 5.74) is 1.46. The molecular formula is C21H23N5O3. The van der Waals surface area contributed by atoms with Gasteiger partial charge in [0.05, 0.1) is 17.2 Å². The molecule has 0 spiro atoms. The van der Waals surface area contributed by atoms with Gasteiger partial charge in [0.25, 0.3) is 5.91 Å². The molecule has 8 nitrogen and oxygen atoms in total. The first kappa shape index (κ1) is 18.9. The second-order valence-corrected chi connectivity index (χ2v) is 7.46. The van der Waals surface area contributed by atoms with Crippen molar-refractivity contribution >= 4 is 11.8 Å². The third-order valence-corrected chi connectivity index (χ3v) is 5.44. The molecule has 1 aliphatic heterocycles. The molecule has 0 aliphatic carbocycles. The Kier molecular flexibility index (Phi) is 4.92. The van der Waals surface area contributed by atoms with E-state index in [1.54, 1.807) is 36.1 Å². The lowest BCUT2D eigenvalue weighted by Crippen LogP contribution is -2.44. The molecule has 1 saturated heterocycles. The van der Waals surface area contributed by atoms with E-state index in [1.807, 2.05) is 36.4 Å². The van der Waals surface area contributed by atoms with Crippen LogP contribution in [-0.4, -0.2) is 51.8 Å². The van der Waals surface area contributed by atoms with Crippen LogP contribution in [0.3, 0.4) is 0 Å². The second kappa shape index (κ2) is 7.54. The van der Waals surface area contributed by atoms with Crippen molar-refractivity contribution in [1.82, 2.24) is 25.2 Å². The summed E-state index contributed by atoms with van der Waals surface area (Å²) < 4.78 is 7.13. The van der Waals surface area contributed by atoms with E-state index in [9.17, 15) is 9.59 Å². The normalized spacial score (nSPS) is 18.8. The van der Waals surface area contributed by atoms with Crippen molar-refractivity contribution in [3.05, 3.63) is 60.1 Å². The van der Waals surface area contributed by atoms with Crippen molar-refractivity contribution in [2.75, 3.05) is 20.1 Å². The summed E-state index contributed by atoms with van der Waals surface area (Å²) in [6, 6.07) is 11.6. The van der Waals surface area contributed by atoms with Crippen LogP contribution in [0.4, 0.5) is 0 Å².